The van der Waals surface area contributed by atoms with Crippen molar-refractivity contribution in [3.63, 3.8) is 0 Å². The lowest BCUT2D eigenvalue weighted by Gasteiger charge is -2.15. The van der Waals surface area contributed by atoms with Crippen LogP contribution in [0.4, 0.5) is 5.69 Å². The predicted octanol–water partition coefficient (Wildman–Crippen LogP) is 1.54. The standard InChI is InChI=1S/C12H13NO3/c1-7-8(2)12(16)13(11(7)15)9-5-3-4-6-10(9)14/h3-8,14H,1-2H3. The number of para-hydroxylation sites is 2. The molecule has 1 saturated heterocycles. The number of phenols is 1. The summed E-state index contributed by atoms with van der Waals surface area (Å²) < 4.78 is 0. The van der Waals surface area contributed by atoms with Crippen molar-refractivity contribution in [2.75, 3.05) is 4.90 Å². The van der Waals surface area contributed by atoms with Crippen LogP contribution in [-0.2, 0) is 9.59 Å². The van der Waals surface area contributed by atoms with E-state index in [2.05, 4.69) is 0 Å². The van der Waals surface area contributed by atoms with Crippen molar-refractivity contribution in [2.24, 2.45) is 11.8 Å². The molecule has 1 aromatic carbocycles. The smallest absolute Gasteiger partial charge is 0.237 e. The molecule has 4 nitrogen and oxygen atoms in total. The van der Waals surface area contributed by atoms with Crippen molar-refractivity contribution in [3.8, 4) is 5.75 Å². The van der Waals surface area contributed by atoms with Crippen LogP contribution in [0.1, 0.15) is 13.8 Å². The van der Waals surface area contributed by atoms with Crippen molar-refractivity contribution in [1.29, 1.82) is 0 Å². The summed E-state index contributed by atoms with van der Waals surface area (Å²) in [6, 6.07) is 6.36. The molecule has 4 heteroatoms. The van der Waals surface area contributed by atoms with Crippen molar-refractivity contribution in [2.45, 2.75) is 13.8 Å². The highest BCUT2D eigenvalue weighted by atomic mass is 16.3. The molecule has 16 heavy (non-hydrogen) atoms. The number of aromatic hydroxyl groups is 1. The summed E-state index contributed by atoms with van der Waals surface area (Å²) in [5.74, 6) is -1.21. The number of rotatable bonds is 1. The third kappa shape index (κ3) is 1.38. The van der Waals surface area contributed by atoms with E-state index in [1.54, 1.807) is 32.0 Å². The largest absolute Gasteiger partial charge is 0.506 e. The summed E-state index contributed by atoms with van der Waals surface area (Å²) in [4.78, 5) is 24.8. The number of amides is 2. The minimum Gasteiger partial charge on any atom is -0.506 e. The Morgan fingerprint density at radius 2 is 1.56 bits per heavy atom. The molecule has 1 heterocycles. The van der Waals surface area contributed by atoms with E-state index in [0.29, 0.717) is 0 Å². The summed E-state index contributed by atoms with van der Waals surface area (Å²) in [6.07, 6.45) is 0. The van der Waals surface area contributed by atoms with Crippen LogP contribution in [0.5, 0.6) is 5.75 Å². The van der Waals surface area contributed by atoms with Gasteiger partial charge < -0.3 is 5.11 Å². The lowest BCUT2D eigenvalue weighted by atomic mass is 10.00. The second kappa shape index (κ2) is 3.63. The first kappa shape index (κ1) is 10.7. The van der Waals surface area contributed by atoms with Crippen molar-refractivity contribution in [1.82, 2.24) is 0 Å². The van der Waals surface area contributed by atoms with Gasteiger partial charge in [-0.1, -0.05) is 26.0 Å². The summed E-state index contributed by atoms with van der Waals surface area (Å²) in [5, 5.41) is 9.63. The molecule has 1 aliphatic rings. The molecular formula is C12H13NO3. The number of nitrogens with zero attached hydrogens (tertiary/aromatic N) is 1. The van der Waals surface area contributed by atoms with E-state index >= 15 is 0 Å². The molecule has 0 saturated carbocycles. The average molecular weight is 219 g/mol. The van der Waals surface area contributed by atoms with Crippen LogP contribution in [0.15, 0.2) is 24.3 Å². The Labute approximate surface area is 93.5 Å². The van der Waals surface area contributed by atoms with E-state index in [-0.39, 0.29) is 35.1 Å². The number of anilines is 1. The van der Waals surface area contributed by atoms with Crippen LogP contribution in [0, 0.1) is 11.8 Å². The molecule has 1 aliphatic heterocycles. The zero-order valence-corrected chi connectivity index (χ0v) is 9.18. The molecule has 0 bridgehead atoms. The monoisotopic (exact) mass is 219 g/mol. The fraction of sp³-hybridized carbons (Fsp3) is 0.333. The Bertz CT molecular complexity index is 435. The summed E-state index contributed by atoms with van der Waals surface area (Å²) in [6.45, 7) is 3.45. The molecule has 1 aromatic rings. The van der Waals surface area contributed by atoms with Gasteiger partial charge in [0.15, 0.2) is 0 Å². The highest BCUT2D eigenvalue weighted by Gasteiger charge is 2.43. The van der Waals surface area contributed by atoms with Gasteiger partial charge in [0.2, 0.25) is 11.8 Å². The second-order valence-corrected chi connectivity index (χ2v) is 4.08. The molecule has 0 aliphatic carbocycles. The van der Waals surface area contributed by atoms with Crippen LogP contribution < -0.4 is 4.90 Å². The van der Waals surface area contributed by atoms with E-state index < -0.39 is 0 Å². The Hall–Kier alpha value is -1.84. The number of hydrogen-bond donors (Lipinski definition) is 1. The van der Waals surface area contributed by atoms with Crippen molar-refractivity contribution < 1.29 is 14.7 Å². The Morgan fingerprint density at radius 1 is 1.06 bits per heavy atom. The van der Waals surface area contributed by atoms with Gasteiger partial charge in [0.05, 0.1) is 5.69 Å². The number of carbonyl (C=O) groups is 2. The normalized spacial score (nSPS) is 25.2. The Morgan fingerprint density at radius 3 is 2.06 bits per heavy atom. The van der Waals surface area contributed by atoms with E-state index in [1.165, 1.54) is 6.07 Å². The lowest BCUT2D eigenvalue weighted by Crippen LogP contribution is -2.30. The maximum absolute atomic E-state index is 11.9. The van der Waals surface area contributed by atoms with Gasteiger partial charge in [-0.15, -0.1) is 0 Å². The predicted molar refractivity (Wildman–Crippen MR) is 58.9 cm³/mol. The van der Waals surface area contributed by atoms with E-state index in [0.717, 1.165) is 4.90 Å². The van der Waals surface area contributed by atoms with Crippen LogP contribution in [0.3, 0.4) is 0 Å². The first-order valence-corrected chi connectivity index (χ1v) is 5.20. The molecule has 1 fully saturated rings. The molecule has 0 spiro atoms. The van der Waals surface area contributed by atoms with Crippen molar-refractivity contribution in [3.05, 3.63) is 24.3 Å². The summed E-state index contributed by atoms with van der Waals surface area (Å²) >= 11 is 0. The fourth-order valence-corrected chi connectivity index (χ4v) is 1.83. The average Bonchev–Trinajstić information content (AvgIpc) is 2.45. The number of phenolic OH excluding ortho intramolecular Hbond substituents is 1. The molecule has 2 atom stereocenters. The number of imide groups is 1. The molecule has 84 valence electrons. The number of carbonyl (C=O) groups excluding carboxylic acids is 2. The SMILES string of the molecule is CC1C(=O)N(c2ccccc2O)C(=O)C1C. The first-order chi connectivity index (χ1) is 7.54. The van der Waals surface area contributed by atoms with E-state index in [9.17, 15) is 14.7 Å². The highest BCUT2D eigenvalue weighted by Crippen LogP contribution is 2.35. The van der Waals surface area contributed by atoms with E-state index in [1.807, 2.05) is 0 Å². The maximum atomic E-state index is 11.9. The first-order valence-electron chi connectivity index (χ1n) is 5.20. The van der Waals surface area contributed by atoms with Crippen LogP contribution >= 0.6 is 0 Å². The Kier molecular flexibility index (Phi) is 2.42. The van der Waals surface area contributed by atoms with Gasteiger partial charge >= 0.3 is 0 Å². The van der Waals surface area contributed by atoms with Gasteiger partial charge in [-0.25, -0.2) is 4.90 Å². The summed E-state index contributed by atoms with van der Waals surface area (Å²) in [5.41, 5.74) is 0.272. The lowest BCUT2D eigenvalue weighted by molar-refractivity contribution is -0.122. The molecule has 0 aromatic heterocycles. The molecule has 1 N–H and O–H groups in total. The minimum absolute atomic E-state index is 0.0505. The Balaban J connectivity index is 2.47. The quantitative estimate of drug-likeness (QED) is 0.729. The zero-order valence-electron chi connectivity index (χ0n) is 9.18. The minimum atomic E-state index is -0.327. The zero-order chi connectivity index (χ0) is 11.9. The number of benzene rings is 1. The highest BCUT2D eigenvalue weighted by molar-refractivity contribution is 6.22. The fourth-order valence-electron chi connectivity index (χ4n) is 1.83. The van der Waals surface area contributed by atoms with E-state index in [4.69, 9.17) is 0 Å². The molecule has 2 amide bonds. The summed E-state index contributed by atoms with van der Waals surface area (Å²) in [7, 11) is 0. The second-order valence-electron chi connectivity index (χ2n) is 4.08. The maximum Gasteiger partial charge on any atom is 0.237 e. The number of hydrogen-bond acceptors (Lipinski definition) is 3. The van der Waals surface area contributed by atoms with Crippen LogP contribution in [0.25, 0.3) is 0 Å². The van der Waals surface area contributed by atoms with Gasteiger partial charge in [0.25, 0.3) is 0 Å². The molecule has 2 rings (SSSR count). The topological polar surface area (TPSA) is 57.6 Å². The van der Waals surface area contributed by atoms with Crippen LogP contribution in [-0.4, -0.2) is 16.9 Å². The van der Waals surface area contributed by atoms with Gasteiger partial charge in [-0.3, -0.25) is 9.59 Å². The molecule has 0 radical (unpaired) electrons. The van der Waals surface area contributed by atoms with Crippen LogP contribution in [0.2, 0.25) is 0 Å². The van der Waals surface area contributed by atoms with Gasteiger partial charge in [0.1, 0.15) is 5.75 Å². The van der Waals surface area contributed by atoms with Gasteiger partial charge in [-0.05, 0) is 12.1 Å². The molecular weight excluding hydrogens is 206 g/mol. The van der Waals surface area contributed by atoms with Gasteiger partial charge in [-0.2, -0.15) is 0 Å². The molecule has 2 unspecified atom stereocenters. The third-order valence-electron chi connectivity index (χ3n) is 3.09. The van der Waals surface area contributed by atoms with Gasteiger partial charge in [0, 0.05) is 11.8 Å². The third-order valence-corrected chi connectivity index (χ3v) is 3.09. The van der Waals surface area contributed by atoms with Crippen molar-refractivity contribution >= 4 is 17.5 Å².